The van der Waals surface area contributed by atoms with Gasteiger partial charge in [-0.1, -0.05) is 30.3 Å². The van der Waals surface area contributed by atoms with Gasteiger partial charge in [-0.15, -0.1) is 10.2 Å². The van der Waals surface area contributed by atoms with Crippen LogP contribution in [0.4, 0.5) is 0 Å². The number of aliphatic hydroxyl groups is 1. The Labute approximate surface area is 153 Å². The Hall–Kier alpha value is -2.44. The molecule has 1 aromatic carbocycles. The third kappa shape index (κ3) is 3.06. The van der Waals surface area contributed by atoms with E-state index < -0.39 is 0 Å². The molecular formula is C20H25N5O. The van der Waals surface area contributed by atoms with Gasteiger partial charge in [-0.3, -0.25) is 0 Å². The SMILES string of the molecule is CC1=CC2C(C=Cc3nnc(C)n32)N1Cc1cccc(CNCCO)c1. The monoisotopic (exact) mass is 351 g/mol. The van der Waals surface area contributed by atoms with Gasteiger partial charge >= 0.3 is 0 Å². The van der Waals surface area contributed by atoms with E-state index in [1.165, 1.54) is 16.8 Å². The van der Waals surface area contributed by atoms with Gasteiger partial charge in [-0.05, 0) is 37.1 Å². The lowest BCUT2D eigenvalue weighted by atomic mass is 10.0. The van der Waals surface area contributed by atoms with E-state index in [2.05, 4.69) is 74.4 Å². The van der Waals surface area contributed by atoms with Crippen molar-refractivity contribution in [3.8, 4) is 0 Å². The number of nitrogens with zero attached hydrogens (tertiary/aromatic N) is 4. The molecule has 136 valence electrons. The summed E-state index contributed by atoms with van der Waals surface area (Å²) < 4.78 is 2.23. The summed E-state index contributed by atoms with van der Waals surface area (Å²) in [5, 5.41) is 20.6. The van der Waals surface area contributed by atoms with Gasteiger partial charge in [0.15, 0.2) is 5.82 Å². The van der Waals surface area contributed by atoms with Crippen molar-refractivity contribution in [2.75, 3.05) is 13.2 Å². The van der Waals surface area contributed by atoms with E-state index in [0.29, 0.717) is 12.6 Å². The first-order chi connectivity index (χ1) is 12.7. The summed E-state index contributed by atoms with van der Waals surface area (Å²) in [6.45, 7) is 6.63. The van der Waals surface area contributed by atoms with Crippen molar-refractivity contribution in [1.82, 2.24) is 25.0 Å². The molecule has 0 fully saturated rings. The minimum absolute atomic E-state index is 0.164. The highest BCUT2D eigenvalue weighted by Gasteiger charge is 2.36. The van der Waals surface area contributed by atoms with Crippen molar-refractivity contribution >= 4 is 6.08 Å². The second-order valence-electron chi connectivity index (χ2n) is 6.97. The van der Waals surface area contributed by atoms with Gasteiger partial charge in [-0.2, -0.15) is 0 Å². The van der Waals surface area contributed by atoms with Crippen molar-refractivity contribution < 1.29 is 5.11 Å². The normalized spacial score (nSPS) is 20.9. The van der Waals surface area contributed by atoms with Gasteiger partial charge in [-0.25, -0.2) is 0 Å². The van der Waals surface area contributed by atoms with Crippen molar-refractivity contribution in [3.05, 3.63) is 64.9 Å². The molecule has 2 N–H and O–H groups in total. The number of aryl methyl sites for hydroxylation is 1. The number of hydrogen-bond donors (Lipinski definition) is 2. The maximum absolute atomic E-state index is 8.91. The third-order valence-corrected chi connectivity index (χ3v) is 5.17. The number of nitrogens with one attached hydrogen (secondary N) is 1. The molecule has 2 aromatic rings. The van der Waals surface area contributed by atoms with Gasteiger partial charge in [0.2, 0.25) is 0 Å². The Kier molecular flexibility index (Phi) is 4.61. The molecule has 0 saturated carbocycles. The van der Waals surface area contributed by atoms with Crippen LogP contribution in [-0.4, -0.2) is 44.0 Å². The van der Waals surface area contributed by atoms with Crippen LogP contribution in [0.1, 0.15) is 35.7 Å². The highest BCUT2D eigenvalue weighted by Crippen LogP contribution is 2.37. The molecule has 2 aliphatic rings. The molecule has 4 rings (SSSR count). The van der Waals surface area contributed by atoms with Crippen LogP contribution in [0.15, 0.2) is 42.1 Å². The summed E-state index contributed by atoms with van der Waals surface area (Å²) >= 11 is 0. The molecule has 0 radical (unpaired) electrons. The standard InChI is InChI=1S/C20H25N5O/c1-14-10-19-18(6-7-20-23-22-15(2)25(19)20)24(14)13-17-5-3-4-16(11-17)12-21-8-9-26/h3-7,10-11,18-19,21,26H,8-9,12-13H2,1-2H3. The molecule has 6 heteroatoms. The highest BCUT2D eigenvalue weighted by molar-refractivity contribution is 5.48. The highest BCUT2D eigenvalue weighted by atomic mass is 16.3. The average Bonchev–Trinajstić information content (AvgIpc) is 3.16. The molecule has 2 unspecified atom stereocenters. The van der Waals surface area contributed by atoms with E-state index in [4.69, 9.17) is 5.11 Å². The summed E-state index contributed by atoms with van der Waals surface area (Å²) in [6, 6.07) is 9.21. The van der Waals surface area contributed by atoms with Crippen LogP contribution in [-0.2, 0) is 13.1 Å². The van der Waals surface area contributed by atoms with Crippen LogP contribution >= 0.6 is 0 Å². The Bertz CT molecular complexity index is 854. The van der Waals surface area contributed by atoms with Crippen LogP contribution in [0.3, 0.4) is 0 Å². The zero-order valence-electron chi connectivity index (χ0n) is 15.3. The van der Waals surface area contributed by atoms with Gasteiger partial charge < -0.3 is 19.9 Å². The zero-order valence-corrected chi connectivity index (χ0v) is 15.3. The van der Waals surface area contributed by atoms with E-state index in [1.54, 1.807) is 0 Å². The molecule has 2 atom stereocenters. The quantitative estimate of drug-likeness (QED) is 0.780. The molecule has 0 aliphatic carbocycles. The second-order valence-corrected chi connectivity index (χ2v) is 6.97. The lowest BCUT2D eigenvalue weighted by Crippen LogP contribution is -2.35. The van der Waals surface area contributed by atoms with Crippen LogP contribution in [0.25, 0.3) is 6.08 Å². The number of aliphatic hydroxyl groups excluding tert-OH is 1. The van der Waals surface area contributed by atoms with Crippen LogP contribution in [0.5, 0.6) is 0 Å². The Balaban J connectivity index is 1.52. The molecule has 26 heavy (non-hydrogen) atoms. The summed E-state index contributed by atoms with van der Waals surface area (Å²) in [7, 11) is 0. The minimum Gasteiger partial charge on any atom is -0.395 e. The lowest BCUT2D eigenvalue weighted by molar-refractivity contribution is 0.269. The maximum atomic E-state index is 8.91. The van der Waals surface area contributed by atoms with E-state index in [9.17, 15) is 0 Å². The Morgan fingerprint density at radius 3 is 2.85 bits per heavy atom. The second kappa shape index (κ2) is 7.05. The first-order valence-corrected chi connectivity index (χ1v) is 9.11. The Morgan fingerprint density at radius 2 is 2.00 bits per heavy atom. The predicted octanol–water partition coefficient (Wildman–Crippen LogP) is 2.02. The molecular weight excluding hydrogens is 326 g/mol. The summed E-state index contributed by atoms with van der Waals surface area (Å²) in [5.74, 6) is 1.90. The number of hydrogen-bond acceptors (Lipinski definition) is 5. The smallest absolute Gasteiger partial charge is 0.157 e. The van der Waals surface area contributed by atoms with E-state index in [1.807, 2.05) is 6.92 Å². The molecule has 0 saturated heterocycles. The number of allylic oxidation sites excluding steroid dienone is 1. The molecule has 6 nitrogen and oxygen atoms in total. The first-order valence-electron chi connectivity index (χ1n) is 9.11. The maximum Gasteiger partial charge on any atom is 0.157 e. The molecule has 0 amide bonds. The molecule has 0 spiro atoms. The van der Waals surface area contributed by atoms with Gasteiger partial charge in [0.1, 0.15) is 5.82 Å². The van der Waals surface area contributed by atoms with Crippen LogP contribution < -0.4 is 5.32 Å². The largest absolute Gasteiger partial charge is 0.395 e. The van der Waals surface area contributed by atoms with Crippen molar-refractivity contribution in [1.29, 1.82) is 0 Å². The number of rotatable bonds is 6. The molecule has 0 bridgehead atoms. The molecule has 3 heterocycles. The third-order valence-electron chi connectivity index (χ3n) is 5.17. The van der Waals surface area contributed by atoms with E-state index >= 15 is 0 Å². The fourth-order valence-electron chi connectivity index (χ4n) is 3.94. The number of aromatic nitrogens is 3. The number of benzene rings is 1. The summed E-state index contributed by atoms with van der Waals surface area (Å²) in [4.78, 5) is 2.45. The van der Waals surface area contributed by atoms with Crippen LogP contribution in [0.2, 0.25) is 0 Å². The fraction of sp³-hybridized carbons (Fsp3) is 0.400. The van der Waals surface area contributed by atoms with Gasteiger partial charge in [0.05, 0.1) is 18.7 Å². The van der Waals surface area contributed by atoms with Crippen molar-refractivity contribution in [3.63, 3.8) is 0 Å². The van der Waals surface area contributed by atoms with Crippen molar-refractivity contribution in [2.24, 2.45) is 0 Å². The molecule has 1 aromatic heterocycles. The lowest BCUT2D eigenvalue weighted by Gasteiger charge is -2.32. The van der Waals surface area contributed by atoms with Crippen LogP contribution in [0, 0.1) is 6.92 Å². The summed E-state index contributed by atoms with van der Waals surface area (Å²) in [6.07, 6.45) is 6.64. The Morgan fingerprint density at radius 1 is 1.15 bits per heavy atom. The predicted molar refractivity (Wildman–Crippen MR) is 101 cm³/mol. The topological polar surface area (TPSA) is 66.2 Å². The molecule has 2 aliphatic heterocycles. The summed E-state index contributed by atoms with van der Waals surface area (Å²) in [5.41, 5.74) is 3.82. The minimum atomic E-state index is 0.164. The van der Waals surface area contributed by atoms with Gasteiger partial charge in [0.25, 0.3) is 0 Å². The van der Waals surface area contributed by atoms with E-state index in [-0.39, 0.29) is 12.6 Å². The number of fused-ring (bicyclic) bond motifs is 3. The average molecular weight is 351 g/mol. The fourth-order valence-corrected chi connectivity index (χ4v) is 3.94. The van der Waals surface area contributed by atoms with Crippen molar-refractivity contribution in [2.45, 2.75) is 39.0 Å². The van der Waals surface area contributed by atoms with Gasteiger partial charge in [0, 0.05) is 25.3 Å². The van der Waals surface area contributed by atoms with E-state index in [0.717, 1.165) is 24.7 Å². The first kappa shape index (κ1) is 17.0. The zero-order chi connectivity index (χ0) is 18.1.